The van der Waals surface area contributed by atoms with Gasteiger partial charge in [0.2, 0.25) is 5.91 Å². The molecule has 0 aromatic carbocycles. The number of carbonyl (C=O) groups excluding carboxylic acids is 1. The molecule has 1 atom stereocenters. The van der Waals surface area contributed by atoms with Crippen molar-refractivity contribution in [3.63, 3.8) is 0 Å². The summed E-state index contributed by atoms with van der Waals surface area (Å²) in [5.74, 6) is 0.906. The second kappa shape index (κ2) is 9.38. The van der Waals surface area contributed by atoms with Crippen LogP contribution in [0.15, 0.2) is 0 Å². The van der Waals surface area contributed by atoms with Gasteiger partial charge in [0.25, 0.3) is 0 Å². The molecule has 122 valence electrons. The molecule has 2 aliphatic rings. The Labute approximate surface area is 128 Å². The summed E-state index contributed by atoms with van der Waals surface area (Å²) in [7, 11) is 1.66. The Balaban J connectivity index is 1.87. The van der Waals surface area contributed by atoms with E-state index in [1.807, 2.05) is 0 Å². The van der Waals surface area contributed by atoms with Crippen LogP contribution in [-0.4, -0.2) is 63.3 Å². The quantitative estimate of drug-likeness (QED) is 0.718. The first-order valence-electron chi connectivity index (χ1n) is 8.51. The second-order valence-corrected chi connectivity index (χ2v) is 6.32. The zero-order chi connectivity index (χ0) is 14.9. The zero-order valence-electron chi connectivity index (χ0n) is 13.4. The van der Waals surface area contributed by atoms with Gasteiger partial charge in [-0.25, -0.2) is 0 Å². The van der Waals surface area contributed by atoms with Crippen LogP contribution < -0.4 is 10.6 Å². The first kappa shape index (κ1) is 16.7. The van der Waals surface area contributed by atoms with Crippen molar-refractivity contribution in [3.05, 3.63) is 0 Å². The van der Waals surface area contributed by atoms with Crippen molar-refractivity contribution in [3.8, 4) is 0 Å². The summed E-state index contributed by atoms with van der Waals surface area (Å²) in [6, 6.07) is 0.600. The molecule has 0 bridgehead atoms. The minimum Gasteiger partial charge on any atom is -0.383 e. The highest BCUT2D eigenvalue weighted by molar-refractivity contribution is 5.78. The summed E-state index contributed by atoms with van der Waals surface area (Å²) in [4.78, 5) is 14.6. The molecule has 5 nitrogen and oxygen atoms in total. The molecular formula is C16H31N3O2. The number of nitrogens with one attached hydrogen (secondary N) is 2. The van der Waals surface area contributed by atoms with Gasteiger partial charge in [-0.3, -0.25) is 9.69 Å². The highest BCUT2D eigenvalue weighted by atomic mass is 16.5. The van der Waals surface area contributed by atoms with E-state index in [4.69, 9.17) is 4.74 Å². The molecule has 0 aromatic rings. The molecule has 2 fully saturated rings. The number of piperidine rings is 1. The number of amides is 1. The number of hydrogen-bond acceptors (Lipinski definition) is 4. The van der Waals surface area contributed by atoms with Crippen molar-refractivity contribution < 1.29 is 9.53 Å². The predicted octanol–water partition coefficient (Wildman–Crippen LogP) is 0.993. The Hall–Kier alpha value is -0.650. The average molecular weight is 297 g/mol. The van der Waals surface area contributed by atoms with Crippen molar-refractivity contribution in [2.45, 2.75) is 44.6 Å². The lowest BCUT2D eigenvalue weighted by molar-refractivity contribution is -0.123. The molecule has 5 heteroatoms. The molecule has 2 aliphatic heterocycles. The van der Waals surface area contributed by atoms with Crippen LogP contribution in [0.25, 0.3) is 0 Å². The van der Waals surface area contributed by atoms with E-state index < -0.39 is 0 Å². The van der Waals surface area contributed by atoms with E-state index in [9.17, 15) is 4.79 Å². The monoisotopic (exact) mass is 297 g/mol. The first-order chi connectivity index (χ1) is 10.3. The van der Waals surface area contributed by atoms with Gasteiger partial charge in [0, 0.05) is 19.7 Å². The Morgan fingerprint density at radius 1 is 1.24 bits per heavy atom. The standard InChI is InChI=1S/C16H31N3O2/c1-21-12-10-18-16(20)13-19-11-4-2-3-5-15(19)14-6-8-17-9-7-14/h14-15,17H,2-13H2,1H3,(H,18,20). The van der Waals surface area contributed by atoms with Crippen LogP contribution in [0.1, 0.15) is 38.5 Å². The average Bonchev–Trinajstić information content (AvgIpc) is 2.74. The molecule has 1 unspecified atom stereocenters. The molecule has 2 N–H and O–H groups in total. The lowest BCUT2D eigenvalue weighted by atomic mass is 9.87. The van der Waals surface area contributed by atoms with Crippen LogP contribution in [0.2, 0.25) is 0 Å². The molecule has 0 aromatic heterocycles. The Kier molecular flexibility index (Phi) is 7.47. The van der Waals surface area contributed by atoms with E-state index in [1.165, 1.54) is 38.5 Å². The van der Waals surface area contributed by atoms with Crippen molar-refractivity contribution in [1.29, 1.82) is 0 Å². The van der Waals surface area contributed by atoms with Gasteiger partial charge in [-0.1, -0.05) is 12.8 Å². The fraction of sp³-hybridized carbons (Fsp3) is 0.938. The molecule has 0 spiro atoms. The van der Waals surface area contributed by atoms with Crippen LogP contribution in [0.3, 0.4) is 0 Å². The van der Waals surface area contributed by atoms with Crippen LogP contribution in [0.5, 0.6) is 0 Å². The highest BCUT2D eigenvalue weighted by Crippen LogP contribution is 2.27. The molecule has 0 radical (unpaired) electrons. The molecular weight excluding hydrogens is 266 g/mol. The van der Waals surface area contributed by atoms with Crippen LogP contribution >= 0.6 is 0 Å². The molecule has 21 heavy (non-hydrogen) atoms. The second-order valence-electron chi connectivity index (χ2n) is 6.32. The topological polar surface area (TPSA) is 53.6 Å². The summed E-state index contributed by atoms with van der Waals surface area (Å²) in [5, 5.41) is 6.40. The fourth-order valence-corrected chi connectivity index (χ4v) is 3.69. The van der Waals surface area contributed by atoms with Gasteiger partial charge in [-0.2, -0.15) is 0 Å². The molecule has 0 saturated carbocycles. The number of nitrogens with zero attached hydrogens (tertiary/aromatic N) is 1. The number of ether oxygens (including phenoxy) is 1. The van der Waals surface area contributed by atoms with Gasteiger partial charge in [-0.15, -0.1) is 0 Å². The maximum Gasteiger partial charge on any atom is 0.234 e. The normalized spacial score (nSPS) is 25.5. The third-order valence-corrected chi connectivity index (χ3v) is 4.82. The summed E-state index contributed by atoms with van der Waals surface area (Å²) < 4.78 is 4.98. The van der Waals surface area contributed by atoms with E-state index in [2.05, 4.69) is 15.5 Å². The number of rotatable bonds is 6. The van der Waals surface area contributed by atoms with Gasteiger partial charge >= 0.3 is 0 Å². The maximum atomic E-state index is 12.1. The van der Waals surface area contributed by atoms with Gasteiger partial charge in [-0.05, 0) is 51.2 Å². The maximum absolute atomic E-state index is 12.1. The molecule has 2 rings (SSSR count). The lowest BCUT2D eigenvalue weighted by Crippen LogP contribution is -2.48. The van der Waals surface area contributed by atoms with E-state index in [0.29, 0.717) is 25.7 Å². The van der Waals surface area contributed by atoms with Gasteiger partial charge in [0.05, 0.1) is 13.2 Å². The SMILES string of the molecule is COCCNC(=O)CN1CCCCCC1C1CCNCC1. The van der Waals surface area contributed by atoms with Gasteiger partial charge in [0.15, 0.2) is 0 Å². The summed E-state index contributed by atoms with van der Waals surface area (Å²) in [6.07, 6.45) is 7.63. The first-order valence-corrected chi connectivity index (χ1v) is 8.51. The molecule has 0 aliphatic carbocycles. The Morgan fingerprint density at radius 2 is 2.05 bits per heavy atom. The van der Waals surface area contributed by atoms with Crippen molar-refractivity contribution in [2.75, 3.05) is 46.4 Å². The summed E-state index contributed by atoms with van der Waals surface area (Å²) in [6.45, 7) is 5.10. The van der Waals surface area contributed by atoms with Crippen molar-refractivity contribution in [1.82, 2.24) is 15.5 Å². The molecule has 2 heterocycles. The molecule has 1 amide bonds. The minimum absolute atomic E-state index is 0.146. The van der Waals surface area contributed by atoms with E-state index in [1.54, 1.807) is 7.11 Å². The van der Waals surface area contributed by atoms with Crippen LogP contribution in [0.4, 0.5) is 0 Å². The third-order valence-electron chi connectivity index (χ3n) is 4.82. The molecule has 2 saturated heterocycles. The third kappa shape index (κ3) is 5.57. The predicted molar refractivity (Wildman–Crippen MR) is 84.3 cm³/mol. The van der Waals surface area contributed by atoms with Crippen LogP contribution in [0, 0.1) is 5.92 Å². The summed E-state index contributed by atoms with van der Waals surface area (Å²) >= 11 is 0. The number of likely N-dealkylation sites (tertiary alicyclic amines) is 1. The van der Waals surface area contributed by atoms with E-state index >= 15 is 0 Å². The number of carbonyl (C=O) groups is 1. The fourth-order valence-electron chi connectivity index (χ4n) is 3.69. The Morgan fingerprint density at radius 3 is 2.81 bits per heavy atom. The number of methoxy groups -OCH3 is 1. The van der Waals surface area contributed by atoms with Gasteiger partial charge < -0.3 is 15.4 Å². The van der Waals surface area contributed by atoms with E-state index in [-0.39, 0.29) is 5.91 Å². The largest absolute Gasteiger partial charge is 0.383 e. The Bertz CT molecular complexity index is 306. The van der Waals surface area contributed by atoms with E-state index in [0.717, 1.165) is 25.6 Å². The van der Waals surface area contributed by atoms with Crippen LogP contribution in [-0.2, 0) is 9.53 Å². The highest BCUT2D eigenvalue weighted by Gasteiger charge is 2.30. The van der Waals surface area contributed by atoms with Crippen molar-refractivity contribution >= 4 is 5.91 Å². The van der Waals surface area contributed by atoms with Crippen molar-refractivity contribution in [2.24, 2.45) is 5.92 Å². The lowest BCUT2D eigenvalue weighted by Gasteiger charge is -2.37. The number of hydrogen-bond donors (Lipinski definition) is 2. The smallest absolute Gasteiger partial charge is 0.234 e. The zero-order valence-corrected chi connectivity index (χ0v) is 13.4. The van der Waals surface area contributed by atoms with Gasteiger partial charge in [0.1, 0.15) is 0 Å². The minimum atomic E-state index is 0.146. The summed E-state index contributed by atoms with van der Waals surface area (Å²) in [5.41, 5.74) is 0.